The molecule has 19 heteroatoms. The van der Waals surface area contributed by atoms with Crippen molar-refractivity contribution in [2.45, 2.75) is 433 Å². The molecule has 17 nitrogen and oxygen atoms in total. The lowest BCUT2D eigenvalue weighted by atomic mass is 9.99. The molecule has 3 N–H and O–H groups in total. The summed E-state index contributed by atoms with van der Waals surface area (Å²) < 4.78 is 68.7. The molecule has 7 atom stereocenters. The highest BCUT2D eigenvalue weighted by atomic mass is 31.2. The van der Waals surface area contributed by atoms with E-state index >= 15 is 0 Å². The molecule has 0 fully saturated rings. The third-order valence-electron chi connectivity index (χ3n) is 19.5. The second-order valence-electron chi connectivity index (χ2n) is 30.6. The zero-order chi connectivity index (χ0) is 73.8. The maximum absolute atomic E-state index is 13.1. The van der Waals surface area contributed by atoms with E-state index < -0.39 is 97.5 Å². The molecule has 0 radical (unpaired) electrons. The van der Waals surface area contributed by atoms with Crippen LogP contribution < -0.4 is 0 Å². The summed E-state index contributed by atoms with van der Waals surface area (Å²) in [5.41, 5.74) is 0. The number of hydrogen-bond acceptors (Lipinski definition) is 15. The highest BCUT2D eigenvalue weighted by Gasteiger charge is 2.30. The van der Waals surface area contributed by atoms with Crippen LogP contribution in [0, 0.1) is 23.7 Å². The minimum atomic E-state index is -4.96. The molecule has 0 aromatic heterocycles. The van der Waals surface area contributed by atoms with Crippen LogP contribution in [0.15, 0.2) is 0 Å². The van der Waals surface area contributed by atoms with Crippen LogP contribution in [0.4, 0.5) is 0 Å². The number of carbonyl (C=O) groups excluding carboxylic acids is 4. The summed E-state index contributed by atoms with van der Waals surface area (Å²) in [4.78, 5) is 73.0. The van der Waals surface area contributed by atoms with Gasteiger partial charge in [-0.05, 0) is 49.4 Å². The van der Waals surface area contributed by atoms with Gasteiger partial charge in [0.15, 0.2) is 12.2 Å². The first-order valence-corrected chi connectivity index (χ1v) is 44.8. The number of aliphatic hydroxyl groups excluding tert-OH is 1. The number of esters is 4. The zero-order valence-electron chi connectivity index (χ0n) is 65.8. The molecule has 0 bridgehead atoms. The monoisotopic (exact) mass is 1470 g/mol. The van der Waals surface area contributed by atoms with E-state index in [1.165, 1.54) is 212 Å². The number of unbranched alkanes of at least 4 members (excludes halogenated alkanes) is 42. The Morgan fingerprint density at radius 1 is 0.280 bits per heavy atom. The molecule has 0 amide bonds. The molecule has 0 saturated heterocycles. The van der Waals surface area contributed by atoms with Crippen LogP contribution in [0.5, 0.6) is 0 Å². The van der Waals surface area contributed by atoms with Gasteiger partial charge >= 0.3 is 39.5 Å². The first kappa shape index (κ1) is 98.1. The van der Waals surface area contributed by atoms with Crippen molar-refractivity contribution in [3.8, 4) is 0 Å². The van der Waals surface area contributed by atoms with Crippen LogP contribution in [0.1, 0.15) is 415 Å². The van der Waals surface area contributed by atoms with Crippen molar-refractivity contribution >= 4 is 39.5 Å². The van der Waals surface area contributed by atoms with Gasteiger partial charge in [0.25, 0.3) is 0 Å². The maximum atomic E-state index is 13.1. The SMILES string of the molecule is CCC(C)CCCCCCCCCCCCCCCCCCCCC(=O)OC[C@H](COP(=O)(O)OC[C@@H](O)COP(=O)(O)OC[C@@H](COC(=O)CCCCCCCCC(C)CC)OC(=O)CCCCCCCCCCCCCC(C)C)OC(=O)CCCCCCCCCCCCCC(C)C. The van der Waals surface area contributed by atoms with Crippen LogP contribution >= 0.6 is 15.6 Å². The summed E-state index contributed by atoms with van der Waals surface area (Å²) in [5.74, 6) is 1.02. The number of phosphoric acid groups is 2. The van der Waals surface area contributed by atoms with Crippen molar-refractivity contribution in [3.05, 3.63) is 0 Å². The highest BCUT2D eigenvalue weighted by molar-refractivity contribution is 7.47. The van der Waals surface area contributed by atoms with Crippen molar-refractivity contribution in [2.75, 3.05) is 39.6 Å². The Labute approximate surface area is 613 Å². The fourth-order valence-electron chi connectivity index (χ4n) is 12.4. The molecule has 0 spiro atoms. The molecule has 0 saturated carbocycles. The van der Waals surface area contributed by atoms with Crippen molar-refractivity contribution < 1.29 is 80.2 Å². The normalized spacial score (nSPS) is 14.6. The number of rotatable bonds is 78. The third-order valence-corrected chi connectivity index (χ3v) is 21.4. The Balaban J connectivity index is 5.20. The lowest BCUT2D eigenvalue weighted by Gasteiger charge is -2.21. The Morgan fingerprint density at radius 2 is 0.480 bits per heavy atom. The first-order chi connectivity index (χ1) is 48.2. The van der Waals surface area contributed by atoms with E-state index in [4.69, 9.17) is 37.0 Å². The van der Waals surface area contributed by atoms with Gasteiger partial charge in [0, 0.05) is 25.7 Å². The quantitative estimate of drug-likeness (QED) is 0.0222. The average Bonchev–Trinajstić information content (AvgIpc) is 1.08. The van der Waals surface area contributed by atoms with Crippen LogP contribution in [0.2, 0.25) is 0 Å². The number of hydrogen-bond donors (Lipinski definition) is 3. The molecule has 4 unspecified atom stereocenters. The fraction of sp³-hybridized carbons (Fsp3) is 0.951. The highest BCUT2D eigenvalue weighted by Crippen LogP contribution is 2.45. The Hall–Kier alpha value is -1.94. The van der Waals surface area contributed by atoms with Gasteiger partial charge in [-0.2, -0.15) is 0 Å². The lowest BCUT2D eigenvalue weighted by molar-refractivity contribution is -0.161. The summed E-state index contributed by atoms with van der Waals surface area (Å²) >= 11 is 0. The Bertz CT molecular complexity index is 1960. The van der Waals surface area contributed by atoms with Gasteiger partial charge in [-0.3, -0.25) is 37.3 Å². The molecular formula is C81H158O17P2. The van der Waals surface area contributed by atoms with E-state index in [1.54, 1.807) is 0 Å². The lowest BCUT2D eigenvalue weighted by Crippen LogP contribution is -2.30. The van der Waals surface area contributed by atoms with Gasteiger partial charge in [0.05, 0.1) is 26.4 Å². The van der Waals surface area contributed by atoms with Gasteiger partial charge in [-0.1, -0.05) is 364 Å². The number of carbonyl (C=O) groups is 4. The molecule has 0 aliphatic rings. The van der Waals surface area contributed by atoms with Gasteiger partial charge in [0.2, 0.25) is 0 Å². The molecule has 100 heavy (non-hydrogen) atoms. The number of phosphoric ester groups is 2. The van der Waals surface area contributed by atoms with E-state index in [1.807, 2.05) is 0 Å². The second kappa shape index (κ2) is 70.1. The van der Waals surface area contributed by atoms with E-state index in [2.05, 4.69) is 55.4 Å². The van der Waals surface area contributed by atoms with Crippen LogP contribution in [0.25, 0.3) is 0 Å². The number of ether oxygens (including phenoxy) is 4. The molecule has 0 rings (SSSR count). The summed E-state index contributed by atoms with van der Waals surface area (Å²) in [6.07, 6.45) is 57.0. The molecular weight excluding hydrogens is 1310 g/mol. The van der Waals surface area contributed by atoms with Crippen LogP contribution in [-0.2, 0) is 65.4 Å². The molecule has 0 heterocycles. The minimum Gasteiger partial charge on any atom is -0.462 e. The van der Waals surface area contributed by atoms with Gasteiger partial charge in [-0.15, -0.1) is 0 Å². The van der Waals surface area contributed by atoms with Crippen molar-refractivity contribution in [3.63, 3.8) is 0 Å². The molecule has 0 aromatic rings. The van der Waals surface area contributed by atoms with Crippen molar-refractivity contribution in [1.82, 2.24) is 0 Å². The predicted octanol–water partition coefficient (Wildman–Crippen LogP) is 24.0. The van der Waals surface area contributed by atoms with Crippen molar-refractivity contribution in [2.24, 2.45) is 23.7 Å². The average molecular weight is 1470 g/mol. The fourth-order valence-corrected chi connectivity index (χ4v) is 13.9. The summed E-state index contributed by atoms with van der Waals surface area (Å²) in [6.45, 7) is 14.3. The Kier molecular flexibility index (Phi) is 68.7. The first-order valence-electron chi connectivity index (χ1n) is 41.8. The number of aliphatic hydroxyl groups is 1. The van der Waals surface area contributed by atoms with E-state index in [0.717, 1.165) is 120 Å². The standard InChI is InChI=1S/C81H158O17P2/c1-9-73(7)59-51-43-35-29-23-17-15-13-11-12-14-16-18-24-30-36-45-53-61-78(83)91-67-76(97-80(85)63-55-47-37-31-25-19-21-27-33-41-49-57-71(3)4)69-95-99(87,88)93-65-75(82)66-94-100(89,90)96-70-77(68-92-79(84)62-54-46-40-39-44-52-60-74(8)10-2)98-81(86)64-56-48-38-32-26-20-22-28-34-42-50-58-72(5)6/h71-77,82H,9-70H2,1-8H3,(H,87,88)(H,89,90)/t73?,74?,75-,76-,77-/m1/s1. The summed E-state index contributed by atoms with van der Waals surface area (Å²) in [7, 11) is -9.92. The summed E-state index contributed by atoms with van der Waals surface area (Å²) in [6, 6.07) is 0. The smallest absolute Gasteiger partial charge is 0.462 e. The predicted molar refractivity (Wildman–Crippen MR) is 409 cm³/mol. The summed E-state index contributed by atoms with van der Waals surface area (Å²) in [5, 5.41) is 10.6. The maximum Gasteiger partial charge on any atom is 0.472 e. The molecule has 594 valence electrons. The molecule has 0 aromatic carbocycles. The van der Waals surface area contributed by atoms with Gasteiger partial charge in [-0.25, -0.2) is 9.13 Å². The Morgan fingerprint density at radius 3 is 0.710 bits per heavy atom. The second-order valence-corrected chi connectivity index (χ2v) is 33.5. The van der Waals surface area contributed by atoms with E-state index in [0.29, 0.717) is 25.7 Å². The van der Waals surface area contributed by atoms with Gasteiger partial charge in [0.1, 0.15) is 19.3 Å². The van der Waals surface area contributed by atoms with E-state index in [-0.39, 0.29) is 25.7 Å². The van der Waals surface area contributed by atoms with Crippen LogP contribution in [-0.4, -0.2) is 96.7 Å². The topological polar surface area (TPSA) is 237 Å². The van der Waals surface area contributed by atoms with Crippen LogP contribution in [0.3, 0.4) is 0 Å². The zero-order valence-corrected chi connectivity index (χ0v) is 67.6. The van der Waals surface area contributed by atoms with E-state index in [9.17, 15) is 43.2 Å². The minimum absolute atomic E-state index is 0.105. The van der Waals surface area contributed by atoms with Gasteiger partial charge < -0.3 is 33.8 Å². The van der Waals surface area contributed by atoms with Crippen molar-refractivity contribution in [1.29, 1.82) is 0 Å². The molecule has 0 aliphatic carbocycles. The largest absolute Gasteiger partial charge is 0.472 e. The molecule has 0 aliphatic heterocycles. The third kappa shape index (κ3) is 71.7.